The zero-order valence-electron chi connectivity index (χ0n) is 4.48. The van der Waals surface area contributed by atoms with E-state index in [1.54, 1.807) is 0 Å². The van der Waals surface area contributed by atoms with E-state index in [2.05, 4.69) is 4.52 Å². The van der Waals surface area contributed by atoms with Crippen molar-refractivity contribution in [1.29, 1.82) is 0 Å². The first-order valence-electron chi connectivity index (χ1n) is 2.16. The van der Waals surface area contributed by atoms with E-state index in [-0.39, 0.29) is 6.29 Å². The topological polar surface area (TPSA) is 83.8 Å². The molecule has 54 valence electrons. The van der Waals surface area contributed by atoms with Gasteiger partial charge in [-0.3, -0.25) is 4.57 Å². The molecule has 9 heavy (non-hydrogen) atoms. The molecule has 0 bridgehead atoms. The van der Waals surface area contributed by atoms with Crippen LogP contribution in [0.15, 0.2) is 0 Å². The van der Waals surface area contributed by atoms with E-state index < -0.39 is 21.0 Å². The molecule has 0 radical (unpaired) electrons. The van der Waals surface area contributed by atoms with Crippen LogP contribution in [0.1, 0.15) is 0 Å². The molecule has 2 atom stereocenters. The van der Waals surface area contributed by atoms with E-state index in [0.717, 1.165) is 0 Å². The maximum atomic E-state index is 9.76. The minimum Gasteiger partial charge on any atom is -0.383 e. The molecule has 0 aliphatic heterocycles. The molecule has 0 fully saturated rings. The Morgan fingerprint density at radius 2 is 2.33 bits per heavy atom. The van der Waals surface area contributed by atoms with Gasteiger partial charge in [-0.15, -0.1) is 0 Å². The Balaban J connectivity index is 3.26. The van der Waals surface area contributed by atoms with Crippen LogP contribution in [0.25, 0.3) is 0 Å². The highest BCUT2D eigenvalue weighted by molar-refractivity contribution is 7.32. The predicted molar refractivity (Wildman–Crippen MR) is 29.2 cm³/mol. The fourth-order valence-electron chi connectivity index (χ4n) is 0.196. The third-order valence-corrected chi connectivity index (χ3v) is 0.948. The predicted octanol–water partition coefficient (Wildman–Crippen LogP) is -1.06. The average molecular weight is 154 g/mol. The number of carbonyl (C=O) groups excluding carboxylic acids is 1. The minimum atomic E-state index is -3.01. The quantitative estimate of drug-likeness (QED) is 0.398. The summed E-state index contributed by atoms with van der Waals surface area (Å²) in [5.41, 5.74) is 0. The van der Waals surface area contributed by atoms with Gasteiger partial charge >= 0.3 is 8.25 Å². The van der Waals surface area contributed by atoms with E-state index in [1.165, 1.54) is 0 Å². The molecule has 0 aliphatic rings. The number of rotatable bonds is 4. The zero-order valence-corrected chi connectivity index (χ0v) is 5.48. The maximum absolute atomic E-state index is 9.76. The second-order valence-electron chi connectivity index (χ2n) is 1.28. The molecule has 0 spiro atoms. The summed E-state index contributed by atoms with van der Waals surface area (Å²) in [6.07, 6.45) is -1.07. The number of aldehydes is 1. The van der Waals surface area contributed by atoms with Crippen LogP contribution in [0.3, 0.4) is 0 Å². The number of aliphatic hydroxyl groups excluding tert-OH is 1. The summed E-state index contributed by atoms with van der Waals surface area (Å²) in [6.45, 7) is -0.419. The van der Waals surface area contributed by atoms with E-state index in [0.29, 0.717) is 0 Å². The van der Waals surface area contributed by atoms with Crippen molar-refractivity contribution >= 4 is 14.5 Å². The van der Waals surface area contributed by atoms with Crippen molar-refractivity contribution in [2.45, 2.75) is 6.10 Å². The van der Waals surface area contributed by atoms with Crippen LogP contribution in [0.5, 0.6) is 0 Å². The van der Waals surface area contributed by atoms with Gasteiger partial charge in [-0.1, -0.05) is 0 Å². The number of hydrogen-bond donors (Lipinski definition) is 2. The molecule has 0 heterocycles. The molecule has 0 rings (SSSR count). The summed E-state index contributed by atoms with van der Waals surface area (Å²) < 4.78 is 13.8. The Hall–Kier alpha value is -0.220. The molecule has 0 aromatic carbocycles. The molecule has 0 saturated carbocycles. The third kappa shape index (κ3) is 5.65. The Bertz CT molecular complexity index is 113. The molecule has 0 aliphatic carbocycles. The summed E-state index contributed by atoms with van der Waals surface area (Å²) in [5, 5.41) is 8.38. The van der Waals surface area contributed by atoms with Crippen molar-refractivity contribution in [2.24, 2.45) is 0 Å². The van der Waals surface area contributed by atoms with Crippen LogP contribution in [0.2, 0.25) is 0 Å². The number of carbonyl (C=O) groups is 1. The van der Waals surface area contributed by atoms with Crippen LogP contribution in [0.4, 0.5) is 0 Å². The van der Waals surface area contributed by atoms with Crippen molar-refractivity contribution in [1.82, 2.24) is 0 Å². The van der Waals surface area contributed by atoms with E-state index in [1.807, 2.05) is 0 Å². The molecule has 0 amide bonds. The van der Waals surface area contributed by atoms with Crippen LogP contribution < -0.4 is 0 Å². The monoisotopic (exact) mass is 154 g/mol. The van der Waals surface area contributed by atoms with Crippen LogP contribution in [-0.2, 0) is 13.9 Å². The fraction of sp³-hybridized carbons (Fsp3) is 0.667. The third-order valence-electron chi connectivity index (χ3n) is 0.535. The first kappa shape index (κ1) is 8.78. The van der Waals surface area contributed by atoms with Crippen molar-refractivity contribution in [3.63, 3.8) is 0 Å². The lowest BCUT2D eigenvalue weighted by Crippen LogP contribution is -2.13. The first-order valence-corrected chi connectivity index (χ1v) is 3.42. The summed E-state index contributed by atoms with van der Waals surface area (Å²) in [5.74, 6) is 0. The maximum Gasteiger partial charge on any atom is 0.316 e. The van der Waals surface area contributed by atoms with Gasteiger partial charge in [-0.2, -0.15) is 0 Å². The molecular weight excluding hydrogens is 147 g/mol. The fourth-order valence-corrected chi connectivity index (χ4v) is 0.509. The summed E-state index contributed by atoms with van der Waals surface area (Å²) in [4.78, 5) is 17.6. The Labute approximate surface area is 52.2 Å². The first-order chi connectivity index (χ1) is 4.16. The highest BCUT2D eigenvalue weighted by atomic mass is 31.1. The average Bonchev–Trinajstić information content (AvgIpc) is 1.83. The lowest BCUT2D eigenvalue weighted by Gasteiger charge is -1.99. The van der Waals surface area contributed by atoms with Gasteiger partial charge in [-0.25, -0.2) is 0 Å². The summed E-state index contributed by atoms with van der Waals surface area (Å²) in [7, 11) is -3.01. The Morgan fingerprint density at radius 3 is 2.67 bits per heavy atom. The molecule has 0 aromatic rings. The smallest absolute Gasteiger partial charge is 0.316 e. The SMILES string of the molecule is O=CC(O)CO[PH](=O)O. The zero-order chi connectivity index (χ0) is 7.28. The van der Waals surface area contributed by atoms with E-state index in [4.69, 9.17) is 10.00 Å². The van der Waals surface area contributed by atoms with Crippen LogP contribution in [-0.4, -0.2) is 29.0 Å². The van der Waals surface area contributed by atoms with Gasteiger partial charge in [0.1, 0.15) is 6.10 Å². The highest BCUT2D eigenvalue weighted by Crippen LogP contribution is 2.13. The van der Waals surface area contributed by atoms with Gasteiger partial charge in [-0.05, 0) is 0 Å². The van der Waals surface area contributed by atoms with Crippen molar-refractivity contribution < 1.29 is 23.9 Å². The largest absolute Gasteiger partial charge is 0.383 e. The standard InChI is InChI=1S/C3H7O5P/c4-1-3(5)2-8-9(6)7/h1,3,5,9H,2H2,(H,6,7). The molecule has 2 N–H and O–H groups in total. The molecule has 6 heteroatoms. The molecule has 2 unspecified atom stereocenters. The highest BCUT2D eigenvalue weighted by Gasteiger charge is 2.01. The van der Waals surface area contributed by atoms with Gasteiger partial charge in [0.25, 0.3) is 0 Å². The second-order valence-corrected chi connectivity index (χ2v) is 2.10. The Morgan fingerprint density at radius 1 is 1.78 bits per heavy atom. The van der Waals surface area contributed by atoms with Crippen molar-refractivity contribution in [2.75, 3.05) is 6.61 Å². The molecule has 0 saturated heterocycles. The van der Waals surface area contributed by atoms with Crippen molar-refractivity contribution in [3.8, 4) is 0 Å². The van der Waals surface area contributed by atoms with Crippen molar-refractivity contribution in [3.05, 3.63) is 0 Å². The minimum absolute atomic E-state index is 0.227. The lowest BCUT2D eigenvalue weighted by molar-refractivity contribution is -0.116. The summed E-state index contributed by atoms with van der Waals surface area (Å²) >= 11 is 0. The van der Waals surface area contributed by atoms with Gasteiger partial charge in [0.2, 0.25) is 0 Å². The molecular formula is C3H7O5P. The molecule has 0 aromatic heterocycles. The lowest BCUT2D eigenvalue weighted by atomic mass is 10.4. The number of aliphatic hydroxyl groups is 1. The second kappa shape index (κ2) is 4.64. The van der Waals surface area contributed by atoms with Gasteiger partial charge in [0.15, 0.2) is 6.29 Å². The number of hydrogen-bond acceptors (Lipinski definition) is 4. The van der Waals surface area contributed by atoms with Crippen LogP contribution in [0, 0.1) is 0 Å². The van der Waals surface area contributed by atoms with Gasteiger partial charge in [0.05, 0.1) is 6.61 Å². The van der Waals surface area contributed by atoms with Gasteiger partial charge in [0, 0.05) is 0 Å². The van der Waals surface area contributed by atoms with Gasteiger partial charge < -0.3 is 19.3 Å². The van der Waals surface area contributed by atoms with E-state index >= 15 is 0 Å². The summed E-state index contributed by atoms with van der Waals surface area (Å²) in [6, 6.07) is 0. The van der Waals surface area contributed by atoms with Crippen LogP contribution >= 0.6 is 8.25 Å². The Kier molecular flexibility index (Phi) is 4.53. The van der Waals surface area contributed by atoms with E-state index in [9.17, 15) is 9.36 Å². The normalized spacial score (nSPS) is 16.7. The molecule has 5 nitrogen and oxygen atoms in total.